The lowest BCUT2D eigenvalue weighted by Crippen LogP contribution is -2.38. The smallest absolute Gasteiger partial charge is 0.265 e. The van der Waals surface area contributed by atoms with E-state index in [1.807, 2.05) is 9.80 Å². The Bertz CT molecular complexity index is 550. The summed E-state index contributed by atoms with van der Waals surface area (Å²) in [5, 5.41) is 0.973. The van der Waals surface area contributed by atoms with E-state index in [9.17, 15) is 9.59 Å². The fourth-order valence-corrected chi connectivity index (χ4v) is 3.37. The van der Waals surface area contributed by atoms with Gasteiger partial charge in [-0.2, -0.15) is 0 Å². The van der Waals surface area contributed by atoms with Crippen LogP contribution in [0.1, 0.15) is 41.9 Å². The van der Waals surface area contributed by atoms with Gasteiger partial charge in [-0.15, -0.1) is 11.3 Å². The fourth-order valence-electron chi connectivity index (χ4n) is 2.43. The van der Waals surface area contributed by atoms with Crippen LogP contribution in [0.4, 0.5) is 0 Å². The van der Waals surface area contributed by atoms with Gasteiger partial charge in [0.15, 0.2) is 0 Å². The molecular weight excluding hydrogens is 300 g/mol. The largest absolute Gasteiger partial charge is 0.369 e. The summed E-state index contributed by atoms with van der Waals surface area (Å²) in [4.78, 5) is 32.5. The van der Waals surface area contributed by atoms with Gasteiger partial charge in [0, 0.05) is 31.6 Å². The number of nitrogens with two attached hydrogens (primary N) is 1. The number of rotatable bonds is 3. The third-order valence-corrected chi connectivity index (χ3v) is 5.02. The van der Waals surface area contributed by atoms with Gasteiger partial charge in [-0.1, -0.05) is 20.8 Å². The zero-order chi connectivity index (χ0) is 16.3. The Hall–Kier alpha value is -1.47. The molecule has 2 N–H and O–H groups in total. The lowest BCUT2D eigenvalue weighted by atomic mass is 9.98. The first-order valence-electron chi connectivity index (χ1n) is 7.53. The van der Waals surface area contributed by atoms with Crippen LogP contribution in [0.3, 0.4) is 0 Å². The van der Waals surface area contributed by atoms with E-state index in [-0.39, 0.29) is 23.8 Å². The standard InChI is InChI=1S/C15H24N4O2S/c1-15(2,3)14-17-9-11(22-14)13(21)19-6-4-5-18(7-8-19)10-12(16)20/h9H,4-8,10H2,1-3H3,(H2,16,20). The molecule has 1 aromatic rings. The molecule has 0 bridgehead atoms. The second kappa shape index (κ2) is 6.75. The highest BCUT2D eigenvalue weighted by Crippen LogP contribution is 2.27. The Labute approximate surface area is 135 Å². The lowest BCUT2D eigenvalue weighted by Gasteiger charge is -2.20. The van der Waals surface area contributed by atoms with Crippen LogP contribution in [0, 0.1) is 0 Å². The zero-order valence-electron chi connectivity index (χ0n) is 13.5. The van der Waals surface area contributed by atoms with Gasteiger partial charge in [-0.3, -0.25) is 14.5 Å². The van der Waals surface area contributed by atoms with E-state index in [4.69, 9.17) is 5.73 Å². The number of hydrogen-bond acceptors (Lipinski definition) is 5. The van der Waals surface area contributed by atoms with E-state index < -0.39 is 0 Å². The van der Waals surface area contributed by atoms with Crippen LogP contribution in [-0.2, 0) is 10.2 Å². The van der Waals surface area contributed by atoms with Gasteiger partial charge >= 0.3 is 0 Å². The second-order valence-electron chi connectivity index (χ2n) is 6.67. The number of aromatic nitrogens is 1. The highest BCUT2D eigenvalue weighted by molar-refractivity contribution is 7.13. The van der Waals surface area contributed by atoms with E-state index in [2.05, 4.69) is 25.8 Å². The Balaban J connectivity index is 2.01. The van der Waals surface area contributed by atoms with Crippen molar-refractivity contribution in [3.8, 4) is 0 Å². The van der Waals surface area contributed by atoms with E-state index in [0.29, 0.717) is 24.5 Å². The van der Waals surface area contributed by atoms with E-state index in [1.54, 1.807) is 6.20 Å². The molecule has 122 valence electrons. The number of hydrogen-bond donors (Lipinski definition) is 1. The summed E-state index contributed by atoms with van der Waals surface area (Å²) in [5.74, 6) is -0.286. The third-order valence-electron chi connectivity index (χ3n) is 3.61. The van der Waals surface area contributed by atoms with Gasteiger partial charge in [-0.05, 0) is 6.42 Å². The molecule has 1 aliphatic heterocycles. The lowest BCUT2D eigenvalue weighted by molar-refractivity contribution is -0.119. The summed E-state index contributed by atoms with van der Waals surface area (Å²) >= 11 is 1.47. The van der Waals surface area contributed by atoms with Crippen LogP contribution >= 0.6 is 11.3 Å². The molecule has 0 saturated carbocycles. The second-order valence-corrected chi connectivity index (χ2v) is 7.70. The average Bonchev–Trinajstić information content (AvgIpc) is 2.80. The molecule has 2 rings (SSSR count). The molecule has 2 heterocycles. The van der Waals surface area contributed by atoms with Gasteiger partial charge < -0.3 is 10.6 Å². The Morgan fingerprint density at radius 2 is 2.00 bits per heavy atom. The molecule has 0 atom stereocenters. The Morgan fingerprint density at radius 1 is 1.27 bits per heavy atom. The number of amides is 2. The maximum Gasteiger partial charge on any atom is 0.265 e. The molecule has 6 nitrogen and oxygen atoms in total. The minimum absolute atomic E-state index is 0.0360. The SMILES string of the molecule is CC(C)(C)c1ncc(C(=O)N2CCCN(CC(N)=O)CC2)s1. The van der Waals surface area contributed by atoms with Gasteiger partial charge in [0.25, 0.3) is 5.91 Å². The summed E-state index contributed by atoms with van der Waals surface area (Å²) < 4.78 is 0. The van der Waals surface area contributed by atoms with Crippen LogP contribution in [-0.4, -0.2) is 59.3 Å². The summed E-state index contributed by atoms with van der Waals surface area (Å²) in [6, 6.07) is 0. The number of nitrogens with zero attached hydrogens (tertiary/aromatic N) is 3. The van der Waals surface area contributed by atoms with Gasteiger partial charge in [0.1, 0.15) is 4.88 Å². The predicted molar refractivity (Wildman–Crippen MR) is 87.0 cm³/mol. The average molecular weight is 324 g/mol. The van der Waals surface area contributed by atoms with Crippen molar-refractivity contribution in [2.24, 2.45) is 5.73 Å². The molecule has 1 aromatic heterocycles. The number of carbonyl (C=O) groups excluding carboxylic acids is 2. The first kappa shape index (κ1) is 16.9. The molecule has 7 heteroatoms. The molecule has 0 aliphatic carbocycles. The number of thiazole rings is 1. The van der Waals surface area contributed by atoms with Crippen LogP contribution in [0.5, 0.6) is 0 Å². The molecule has 1 fully saturated rings. The third kappa shape index (κ3) is 4.27. The molecule has 0 unspecified atom stereocenters. The first-order valence-corrected chi connectivity index (χ1v) is 8.35. The van der Waals surface area contributed by atoms with Crippen molar-refractivity contribution in [1.82, 2.24) is 14.8 Å². The number of carbonyl (C=O) groups is 2. The molecule has 22 heavy (non-hydrogen) atoms. The summed E-state index contributed by atoms with van der Waals surface area (Å²) in [6.45, 7) is 9.33. The van der Waals surface area contributed by atoms with Gasteiger partial charge in [-0.25, -0.2) is 4.98 Å². The van der Waals surface area contributed by atoms with Crippen LogP contribution in [0.2, 0.25) is 0 Å². The molecule has 2 amide bonds. The normalized spacial score (nSPS) is 17.3. The monoisotopic (exact) mass is 324 g/mol. The molecular formula is C15H24N4O2S. The van der Waals surface area contributed by atoms with Crippen LogP contribution < -0.4 is 5.73 Å². The van der Waals surface area contributed by atoms with Gasteiger partial charge in [0.05, 0.1) is 17.7 Å². The van der Waals surface area contributed by atoms with Crippen LogP contribution in [0.25, 0.3) is 0 Å². The molecule has 0 radical (unpaired) electrons. The molecule has 0 aromatic carbocycles. The molecule has 1 saturated heterocycles. The summed E-state index contributed by atoms with van der Waals surface area (Å²) in [6.07, 6.45) is 2.53. The first-order chi connectivity index (χ1) is 10.3. The topological polar surface area (TPSA) is 79.5 Å². The van der Waals surface area contributed by atoms with Crippen molar-refractivity contribution in [2.45, 2.75) is 32.6 Å². The van der Waals surface area contributed by atoms with Crippen molar-refractivity contribution in [3.05, 3.63) is 16.1 Å². The van der Waals surface area contributed by atoms with Crippen molar-refractivity contribution in [3.63, 3.8) is 0 Å². The van der Waals surface area contributed by atoms with Crippen molar-refractivity contribution in [2.75, 3.05) is 32.7 Å². The minimum Gasteiger partial charge on any atom is -0.369 e. The maximum atomic E-state index is 12.6. The highest BCUT2D eigenvalue weighted by Gasteiger charge is 2.25. The van der Waals surface area contributed by atoms with E-state index in [0.717, 1.165) is 18.0 Å². The predicted octanol–water partition coefficient (Wildman–Crippen LogP) is 1.07. The van der Waals surface area contributed by atoms with Crippen molar-refractivity contribution < 1.29 is 9.59 Å². The summed E-state index contributed by atoms with van der Waals surface area (Å²) in [5.41, 5.74) is 5.19. The highest BCUT2D eigenvalue weighted by atomic mass is 32.1. The van der Waals surface area contributed by atoms with Crippen molar-refractivity contribution >= 4 is 23.2 Å². The summed E-state index contributed by atoms with van der Waals surface area (Å²) in [7, 11) is 0. The van der Waals surface area contributed by atoms with Gasteiger partial charge in [0.2, 0.25) is 5.91 Å². The van der Waals surface area contributed by atoms with Crippen molar-refractivity contribution in [1.29, 1.82) is 0 Å². The quantitative estimate of drug-likeness (QED) is 0.902. The maximum absolute atomic E-state index is 12.6. The Morgan fingerprint density at radius 3 is 2.59 bits per heavy atom. The number of primary amides is 1. The fraction of sp³-hybridized carbons (Fsp3) is 0.667. The molecule has 1 aliphatic rings. The van der Waals surface area contributed by atoms with E-state index >= 15 is 0 Å². The van der Waals surface area contributed by atoms with Crippen LogP contribution in [0.15, 0.2) is 6.20 Å². The minimum atomic E-state index is -0.322. The van der Waals surface area contributed by atoms with E-state index in [1.165, 1.54) is 11.3 Å². The zero-order valence-corrected chi connectivity index (χ0v) is 14.3. The Kier molecular flexibility index (Phi) is 5.18. The molecule has 0 spiro atoms.